The standard InChI is InChI=1S/C23H29N5O3/c1-31-20-8-5-18(6-9-20)7-10-22(29)26-15-11-19(12-16-26)28-17-21(24-25-28)23(30)27-13-3-2-4-14-27/h5-10,17,19H,2-4,11-16H2,1H3/b10-7+. The zero-order chi connectivity index (χ0) is 21.6. The Morgan fingerprint density at radius 2 is 1.71 bits per heavy atom. The average Bonchev–Trinajstić information content (AvgIpc) is 3.33. The number of benzene rings is 1. The van der Waals surface area contributed by atoms with Gasteiger partial charge in [0.05, 0.1) is 19.3 Å². The van der Waals surface area contributed by atoms with Crippen LogP contribution in [0.15, 0.2) is 36.5 Å². The third-order valence-electron chi connectivity index (χ3n) is 6.06. The van der Waals surface area contributed by atoms with Gasteiger partial charge in [0.25, 0.3) is 5.91 Å². The third-order valence-corrected chi connectivity index (χ3v) is 6.06. The molecule has 0 unspecified atom stereocenters. The quantitative estimate of drug-likeness (QED) is 0.691. The maximum atomic E-state index is 12.6. The van der Waals surface area contributed by atoms with Crippen LogP contribution in [0.4, 0.5) is 0 Å². The van der Waals surface area contributed by atoms with E-state index in [0.29, 0.717) is 18.8 Å². The highest BCUT2D eigenvalue weighted by atomic mass is 16.5. The fourth-order valence-corrected chi connectivity index (χ4v) is 4.15. The van der Waals surface area contributed by atoms with Crippen LogP contribution in [0.1, 0.15) is 54.2 Å². The Labute approximate surface area is 182 Å². The summed E-state index contributed by atoms with van der Waals surface area (Å²) in [6.07, 6.45) is 10.1. The van der Waals surface area contributed by atoms with Crippen molar-refractivity contribution in [1.29, 1.82) is 0 Å². The van der Waals surface area contributed by atoms with Crippen LogP contribution < -0.4 is 4.74 Å². The van der Waals surface area contributed by atoms with Gasteiger partial charge in [0, 0.05) is 32.3 Å². The molecule has 2 aromatic rings. The van der Waals surface area contributed by atoms with Crippen molar-refractivity contribution in [2.75, 3.05) is 33.3 Å². The van der Waals surface area contributed by atoms with Crippen LogP contribution in [0.25, 0.3) is 6.08 Å². The van der Waals surface area contributed by atoms with Gasteiger partial charge in [-0.25, -0.2) is 4.68 Å². The van der Waals surface area contributed by atoms with Crippen LogP contribution in [-0.4, -0.2) is 69.9 Å². The molecule has 1 aromatic carbocycles. The van der Waals surface area contributed by atoms with E-state index in [2.05, 4.69) is 10.3 Å². The first-order valence-corrected chi connectivity index (χ1v) is 11.0. The van der Waals surface area contributed by atoms with Gasteiger partial charge in [-0.05, 0) is 55.9 Å². The zero-order valence-electron chi connectivity index (χ0n) is 17.9. The summed E-state index contributed by atoms with van der Waals surface area (Å²) in [6, 6.07) is 7.74. The van der Waals surface area contributed by atoms with Crippen LogP contribution >= 0.6 is 0 Å². The number of methoxy groups -OCH3 is 1. The Morgan fingerprint density at radius 3 is 2.39 bits per heavy atom. The molecule has 4 rings (SSSR count). The smallest absolute Gasteiger partial charge is 0.276 e. The molecule has 8 nitrogen and oxygen atoms in total. The highest BCUT2D eigenvalue weighted by Crippen LogP contribution is 2.23. The SMILES string of the molecule is COc1ccc(/C=C/C(=O)N2CCC(n3cc(C(=O)N4CCCCC4)nn3)CC2)cc1. The van der Waals surface area contributed by atoms with Gasteiger partial charge in [0.2, 0.25) is 5.91 Å². The molecule has 2 aliphatic heterocycles. The first kappa shape index (κ1) is 21.1. The van der Waals surface area contributed by atoms with E-state index in [9.17, 15) is 9.59 Å². The third kappa shape index (κ3) is 5.13. The molecule has 3 heterocycles. The second-order valence-electron chi connectivity index (χ2n) is 8.10. The number of nitrogens with zero attached hydrogens (tertiary/aromatic N) is 5. The minimum absolute atomic E-state index is 0.00817. The summed E-state index contributed by atoms with van der Waals surface area (Å²) in [5.74, 6) is 0.774. The Hall–Kier alpha value is -3.16. The van der Waals surface area contributed by atoms with Gasteiger partial charge in [-0.15, -0.1) is 5.10 Å². The molecular formula is C23H29N5O3. The maximum absolute atomic E-state index is 12.6. The summed E-state index contributed by atoms with van der Waals surface area (Å²) in [5.41, 5.74) is 1.38. The van der Waals surface area contributed by atoms with E-state index in [1.165, 1.54) is 6.42 Å². The molecule has 0 aliphatic carbocycles. The normalized spacial score (nSPS) is 17.8. The molecule has 0 atom stereocenters. The van der Waals surface area contributed by atoms with Gasteiger partial charge < -0.3 is 14.5 Å². The summed E-state index contributed by atoms with van der Waals surface area (Å²) in [5, 5.41) is 8.32. The molecule has 2 fully saturated rings. The van der Waals surface area contributed by atoms with Crippen molar-refractivity contribution in [2.45, 2.75) is 38.1 Å². The lowest BCUT2D eigenvalue weighted by atomic mass is 10.0. The van der Waals surface area contributed by atoms with E-state index < -0.39 is 0 Å². The van der Waals surface area contributed by atoms with Crippen molar-refractivity contribution in [3.05, 3.63) is 47.8 Å². The van der Waals surface area contributed by atoms with Gasteiger partial charge in [0.1, 0.15) is 5.75 Å². The Morgan fingerprint density at radius 1 is 1.00 bits per heavy atom. The van der Waals surface area contributed by atoms with Crippen LogP contribution in [0.3, 0.4) is 0 Å². The van der Waals surface area contributed by atoms with Crippen molar-refractivity contribution in [3.8, 4) is 5.75 Å². The summed E-state index contributed by atoms with van der Waals surface area (Å²) in [4.78, 5) is 28.9. The van der Waals surface area contributed by atoms with E-state index >= 15 is 0 Å². The Balaban J connectivity index is 1.29. The van der Waals surface area contributed by atoms with Crippen molar-refractivity contribution in [2.24, 2.45) is 0 Å². The number of amides is 2. The molecule has 0 bridgehead atoms. The monoisotopic (exact) mass is 423 g/mol. The summed E-state index contributed by atoms with van der Waals surface area (Å²) < 4.78 is 6.95. The molecule has 1 aromatic heterocycles. The number of hydrogen-bond donors (Lipinski definition) is 0. The fraction of sp³-hybridized carbons (Fsp3) is 0.478. The van der Waals surface area contributed by atoms with E-state index in [4.69, 9.17) is 4.74 Å². The van der Waals surface area contributed by atoms with Crippen LogP contribution in [0.5, 0.6) is 5.75 Å². The lowest BCUT2D eigenvalue weighted by molar-refractivity contribution is -0.127. The highest BCUT2D eigenvalue weighted by Gasteiger charge is 2.26. The van der Waals surface area contributed by atoms with Crippen LogP contribution in [-0.2, 0) is 4.79 Å². The van der Waals surface area contributed by atoms with E-state index in [1.807, 2.05) is 40.1 Å². The highest BCUT2D eigenvalue weighted by molar-refractivity contribution is 5.92. The summed E-state index contributed by atoms with van der Waals surface area (Å²) >= 11 is 0. The molecule has 164 valence electrons. The Kier molecular flexibility index (Phi) is 6.64. The number of aromatic nitrogens is 3. The number of carbonyl (C=O) groups excluding carboxylic acids is 2. The molecule has 2 saturated heterocycles. The minimum atomic E-state index is -0.0257. The van der Waals surface area contributed by atoms with Crippen molar-refractivity contribution in [1.82, 2.24) is 24.8 Å². The van der Waals surface area contributed by atoms with Crippen molar-refractivity contribution in [3.63, 3.8) is 0 Å². The molecule has 2 amide bonds. The first-order valence-electron chi connectivity index (χ1n) is 11.0. The fourth-order valence-electron chi connectivity index (χ4n) is 4.15. The topological polar surface area (TPSA) is 80.6 Å². The van der Waals surface area contributed by atoms with Crippen LogP contribution in [0, 0.1) is 0 Å². The zero-order valence-corrected chi connectivity index (χ0v) is 17.9. The largest absolute Gasteiger partial charge is 0.497 e. The molecule has 8 heteroatoms. The number of hydrogen-bond acceptors (Lipinski definition) is 5. The van der Waals surface area contributed by atoms with Gasteiger partial charge in [-0.3, -0.25) is 9.59 Å². The van der Waals surface area contributed by atoms with Crippen LogP contribution in [0.2, 0.25) is 0 Å². The molecule has 0 saturated carbocycles. The van der Waals surface area contributed by atoms with Crippen molar-refractivity contribution >= 4 is 17.9 Å². The lowest BCUT2D eigenvalue weighted by Gasteiger charge is -2.31. The molecule has 0 N–H and O–H groups in total. The minimum Gasteiger partial charge on any atom is -0.497 e. The second-order valence-corrected chi connectivity index (χ2v) is 8.10. The number of piperidine rings is 2. The molecule has 2 aliphatic rings. The molecular weight excluding hydrogens is 394 g/mol. The van der Waals surface area contributed by atoms with Gasteiger partial charge >= 0.3 is 0 Å². The molecule has 0 radical (unpaired) electrons. The van der Waals surface area contributed by atoms with Gasteiger partial charge in [-0.2, -0.15) is 0 Å². The Bertz CT molecular complexity index is 923. The van der Waals surface area contributed by atoms with E-state index in [-0.39, 0.29) is 17.9 Å². The maximum Gasteiger partial charge on any atom is 0.276 e. The summed E-state index contributed by atoms with van der Waals surface area (Å²) in [7, 11) is 1.63. The molecule has 31 heavy (non-hydrogen) atoms. The second kappa shape index (κ2) is 9.76. The molecule has 0 spiro atoms. The average molecular weight is 424 g/mol. The number of likely N-dealkylation sites (tertiary alicyclic amines) is 2. The van der Waals surface area contributed by atoms with Gasteiger partial charge in [0.15, 0.2) is 5.69 Å². The van der Waals surface area contributed by atoms with E-state index in [0.717, 1.165) is 50.1 Å². The predicted octanol–water partition coefficient (Wildman–Crippen LogP) is 2.79. The summed E-state index contributed by atoms with van der Waals surface area (Å²) in [6.45, 7) is 2.92. The number of ether oxygens (including phenoxy) is 1. The van der Waals surface area contributed by atoms with E-state index in [1.54, 1.807) is 24.1 Å². The first-order chi connectivity index (χ1) is 15.1. The number of rotatable bonds is 5. The van der Waals surface area contributed by atoms with Crippen molar-refractivity contribution < 1.29 is 14.3 Å². The lowest BCUT2D eigenvalue weighted by Crippen LogP contribution is -2.38. The predicted molar refractivity (Wildman–Crippen MR) is 117 cm³/mol. The van der Waals surface area contributed by atoms with Gasteiger partial charge in [-0.1, -0.05) is 17.3 Å². The number of carbonyl (C=O) groups is 2.